The van der Waals surface area contributed by atoms with Crippen LogP contribution in [-0.4, -0.2) is 19.0 Å². The Morgan fingerprint density at radius 3 is 2.88 bits per heavy atom. The number of rotatable bonds is 5. The molecule has 0 spiro atoms. The van der Waals surface area contributed by atoms with Gasteiger partial charge < -0.3 is 10.6 Å². The average molecular weight is 252 g/mol. The van der Waals surface area contributed by atoms with Crippen LogP contribution < -0.4 is 10.6 Å². The second-order valence-corrected chi connectivity index (χ2v) is 3.88. The molecule has 0 aliphatic carbocycles. The SMILES string of the molecule is CCNC(=O)CNCc1ccc(C#N)cc1Cl. The number of hydrogen-bond acceptors (Lipinski definition) is 3. The van der Waals surface area contributed by atoms with Crippen LogP contribution in [0.5, 0.6) is 0 Å². The molecule has 2 N–H and O–H groups in total. The van der Waals surface area contributed by atoms with Gasteiger partial charge in [-0.25, -0.2) is 0 Å². The summed E-state index contributed by atoms with van der Waals surface area (Å²) in [6, 6.07) is 7.12. The molecule has 0 saturated carbocycles. The van der Waals surface area contributed by atoms with E-state index in [-0.39, 0.29) is 12.5 Å². The minimum Gasteiger partial charge on any atom is -0.355 e. The molecular formula is C12H14ClN3O. The monoisotopic (exact) mass is 251 g/mol. The lowest BCUT2D eigenvalue weighted by Crippen LogP contribution is -2.33. The Bertz CT molecular complexity index is 440. The Balaban J connectivity index is 2.47. The summed E-state index contributed by atoms with van der Waals surface area (Å²) >= 11 is 5.99. The van der Waals surface area contributed by atoms with Crippen LogP contribution in [0.15, 0.2) is 18.2 Å². The fourth-order valence-electron chi connectivity index (χ4n) is 1.33. The minimum atomic E-state index is -0.0442. The lowest BCUT2D eigenvalue weighted by Gasteiger charge is -2.07. The van der Waals surface area contributed by atoms with Crippen molar-refractivity contribution >= 4 is 17.5 Å². The molecule has 17 heavy (non-hydrogen) atoms. The fraction of sp³-hybridized carbons (Fsp3) is 0.333. The number of nitrogens with zero attached hydrogens (tertiary/aromatic N) is 1. The molecule has 0 atom stereocenters. The van der Waals surface area contributed by atoms with Gasteiger partial charge in [0, 0.05) is 18.1 Å². The van der Waals surface area contributed by atoms with Crippen LogP contribution in [0, 0.1) is 11.3 Å². The van der Waals surface area contributed by atoms with Gasteiger partial charge in [-0.2, -0.15) is 5.26 Å². The predicted molar refractivity (Wildman–Crippen MR) is 66.6 cm³/mol. The summed E-state index contributed by atoms with van der Waals surface area (Å²) in [5.41, 5.74) is 1.40. The van der Waals surface area contributed by atoms with E-state index < -0.39 is 0 Å². The Morgan fingerprint density at radius 2 is 2.29 bits per heavy atom. The molecule has 5 heteroatoms. The molecule has 0 heterocycles. The van der Waals surface area contributed by atoms with Crippen molar-refractivity contribution in [3.8, 4) is 6.07 Å². The highest BCUT2D eigenvalue weighted by atomic mass is 35.5. The van der Waals surface area contributed by atoms with Crippen molar-refractivity contribution in [1.82, 2.24) is 10.6 Å². The van der Waals surface area contributed by atoms with E-state index in [9.17, 15) is 4.79 Å². The summed E-state index contributed by atoms with van der Waals surface area (Å²) in [6.07, 6.45) is 0. The zero-order valence-electron chi connectivity index (χ0n) is 9.59. The van der Waals surface area contributed by atoms with E-state index in [1.807, 2.05) is 13.0 Å². The summed E-state index contributed by atoms with van der Waals surface area (Å²) in [5, 5.41) is 14.9. The van der Waals surface area contributed by atoms with Crippen molar-refractivity contribution < 1.29 is 4.79 Å². The number of benzene rings is 1. The van der Waals surface area contributed by atoms with Crippen LogP contribution in [0.2, 0.25) is 5.02 Å². The van der Waals surface area contributed by atoms with Crippen LogP contribution in [0.3, 0.4) is 0 Å². The molecule has 0 fully saturated rings. The Morgan fingerprint density at radius 1 is 1.53 bits per heavy atom. The maximum Gasteiger partial charge on any atom is 0.233 e. The number of carbonyl (C=O) groups excluding carboxylic acids is 1. The normalized spacial score (nSPS) is 9.71. The number of hydrogen-bond donors (Lipinski definition) is 2. The summed E-state index contributed by atoms with van der Waals surface area (Å²) < 4.78 is 0. The zero-order chi connectivity index (χ0) is 12.7. The first-order valence-corrected chi connectivity index (χ1v) is 5.71. The van der Waals surface area contributed by atoms with E-state index in [2.05, 4.69) is 10.6 Å². The Labute approximate surface area is 106 Å². The van der Waals surface area contributed by atoms with E-state index in [1.165, 1.54) is 0 Å². The lowest BCUT2D eigenvalue weighted by molar-refractivity contribution is -0.120. The van der Waals surface area contributed by atoms with Crippen LogP contribution in [0.4, 0.5) is 0 Å². The molecule has 0 aliphatic rings. The Hall–Kier alpha value is -1.57. The molecular weight excluding hydrogens is 238 g/mol. The first-order valence-electron chi connectivity index (χ1n) is 5.33. The number of nitrogens with one attached hydrogen (secondary N) is 2. The zero-order valence-corrected chi connectivity index (χ0v) is 10.3. The topological polar surface area (TPSA) is 64.9 Å². The van der Waals surface area contributed by atoms with E-state index >= 15 is 0 Å². The van der Waals surface area contributed by atoms with Crippen molar-refractivity contribution in [3.63, 3.8) is 0 Å². The molecule has 0 unspecified atom stereocenters. The number of carbonyl (C=O) groups is 1. The van der Waals surface area contributed by atoms with Gasteiger partial charge in [-0.05, 0) is 24.6 Å². The molecule has 1 aromatic rings. The molecule has 1 aromatic carbocycles. The van der Waals surface area contributed by atoms with E-state index in [0.29, 0.717) is 23.7 Å². The molecule has 0 bridgehead atoms. The van der Waals surface area contributed by atoms with E-state index in [1.54, 1.807) is 18.2 Å². The fourth-order valence-corrected chi connectivity index (χ4v) is 1.58. The maximum absolute atomic E-state index is 11.2. The second-order valence-electron chi connectivity index (χ2n) is 3.48. The minimum absolute atomic E-state index is 0.0442. The van der Waals surface area contributed by atoms with Gasteiger partial charge in [0.25, 0.3) is 0 Å². The lowest BCUT2D eigenvalue weighted by atomic mass is 10.1. The van der Waals surface area contributed by atoms with Crippen LogP contribution in [-0.2, 0) is 11.3 Å². The van der Waals surface area contributed by atoms with Gasteiger partial charge in [-0.15, -0.1) is 0 Å². The molecule has 1 amide bonds. The highest BCUT2D eigenvalue weighted by Crippen LogP contribution is 2.17. The van der Waals surface area contributed by atoms with Crippen LogP contribution in [0.1, 0.15) is 18.1 Å². The number of amides is 1. The van der Waals surface area contributed by atoms with E-state index in [0.717, 1.165) is 5.56 Å². The first-order chi connectivity index (χ1) is 8.17. The van der Waals surface area contributed by atoms with Crippen molar-refractivity contribution in [2.24, 2.45) is 0 Å². The van der Waals surface area contributed by atoms with Gasteiger partial charge in [-0.1, -0.05) is 17.7 Å². The van der Waals surface area contributed by atoms with Crippen molar-refractivity contribution in [3.05, 3.63) is 34.3 Å². The maximum atomic E-state index is 11.2. The third-order valence-corrected chi connectivity index (χ3v) is 2.51. The first kappa shape index (κ1) is 13.5. The number of halogens is 1. The molecule has 1 rings (SSSR count). The molecule has 0 aromatic heterocycles. The molecule has 90 valence electrons. The van der Waals surface area contributed by atoms with Gasteiger partial charge in [0.2, 0.25) is 5.91 Å². The van der Waals surface area contributed by atoms with Crippen LogP contribution >= 0.6 is 11.6 Å². The van der Waals surface area contributed by atoms with Gasteiger partial charge in [-0.3, -0.25) is 4.79 Å². The third-order valence-electron chi connectivity index (χ3n) is 2.16. The van der Waals surface area contributed by atoms with Crippen molar-refractivity contribution in [2.75, 3.05) is 13.1 Å². The highest BCUT2D eigenvalue weighted by molar-refractivity contribution is 6.31. The second kappa shape index (κ2) is 6.89. The molecule has 0 radical (unpaired) electrons. The van der Waals surface area contributed by atoms with Crippen molar-refractivity contribution in [1.29, 1.82) is 5.26 Å². The number of nitriles is 1. The Kier molecular flexibility index (Phi) is 5.47. The van der Waals surface area contributed by atoms with Gasteiger partial charge in [0.1, 0.15) is 0 Å². The molecule has 0 aliphatic heterocycles. The summed E-state index contributed by atoms with van der Waals surface area (Å²) in [5.74, 6) is -0.0442. The average Bonchev–Trinajstić information content (AvgIpc) is 2.31. The summed E-state index contributed by atoms with van der Waals surface area (Å²) in [7, 11) is 0. The largest absolute Gasteiger partial charge is 0.355 e. The molecule has 4 nitrogen and oxygen atoms in total. The van der Waals surface area contributed by atoms with Gasteiger partial charge in [0.15, 0.2) is 0 Å². The number of likely N-dealkylation sites (N-methyl/N-ethyl adjacent to an activating group) is 1. The van der Waals surface area contributed by atoms with Crippen LogP contribution in [0.25, 0.3) is 0 Å². The summed E-state index contributed by atoms with van der Waals surface area (Å²) in [4.78, 5) is 11.2. The standard InChI is InChI=1S/C12H14ClN3O/c1-2-16-12(17)8-15-7-10-4-3-9(6-14)5-11(10)13/h3-5,15H,2,7-8H2,1H3,(H,16,17). The highest BCUT2D eigenvalue weighted by Gasteiger charge is 2.03. The van der Waals surface area contributed by atoms with E-state index in [4.69, 9.17) is 16.9 Å². The predicted octanol–water partition coefficient (Wildman–Crippen LogP) is 1.44. The van der Waals surface area contributed by atoms with Gasteiger partial charge >= 0.3 is 0 Å². The summed E-state index contributed by atoms with van der Waals surface area (Å²) in [6.45, 7) is 3.25. The molecule has 0 saturated heterocycles. The van der Waals surface area contributed by atoms with Gasteiger partial charge in [0.05, 0.1) is 18.2 Å². The third kappa shape index (κ3) is 4.43. The smallest absolute Gasteiger partial charge is 0.233 e. The quantitative estimate of drug-likeness (QED) is 0.832. The van der Waals surface area contributed by atoms with Crippen molar-refractivity contribution in [2.45, 2.75) is 13.5 Å².